The van der Waals surface area contributed by atoms with Gasteiger partial charge in [0.2, 0.25) is 0 Å². The average molecular weight is 263 g/mol. The lowest BCUT2D eigenvalue weighted by atomic mass is 10.1. The van der Waals surface area contributed by atoms with E-state index in [4.69, 9.17) is 15.7 Å². The van der Waals surface area contributed by atoms with E-state index in [-0.39, 0.29) is 5.84 Å². The van der Waals surface area contributed by atoms with E-state index in [0.717, 1.165) is 43.9 Å². The molecular weight excluding hydrogens is 242 g/mol. The van der Waals surface area contributed by atoms with E-state index < -0.39 is 0 Å². The molecule has 0 saturated carbocycles. The molecule has 104 valence electrons. The van der Waals surface area contributed by atoms with Gasteiger partial charge in [-0.05, 0) is 31.0 Å². The summed E-state index contributed by atoms with van der Waals surface area (Å²) in [6.45, 7) is 3.64. The normalized spacial score (nSPS) is 20.1. The lowest BCUT2D eigenvalue weighted by Crippen LogP contribution is -2.25. The Morgan fingerprint density at radius 2 is 2.42 bits per heavy atom. The summed E-state index contributed by atoms with van der Waals surface area (Å²) in [7, 11) is 2.11. The molecule has 1 aliphatic heterocycles. The third kappa shape index (κ3) is 3.94. The van der Waals surface area contributed by atoms with Crippen LogP contribution in [-0.2, 0) is 11.3 Å². The summed E-state index contributed by atoms with van der Waals surface area (Å²) >= 11 is 0. The first kappa shape index (κ1) is 13.8. The van der Waals surface area contributed by atoms with Crippen molar-refractivity contribution in [2.45, 2.75) is 13.0 Å². The number of ether oxygens (including phenoxy) is 1. The molecule has 0 spiro atoms. The zero-order valence-corrected chi connectivity index (χ0v) is 11.2. The summed E-state index contributed by atoms with van der Waals surface area (Å²) in [6, 6.07) is 7.77. The Labute approximate surface area is 113 Å². The van der Waals surface area contributed by atoms with Crippen molar-refractivity contribution in [2.24, 2.45) is 16.8 Å². The van der Waals surface area contributed by atoms with Crippen molar-refractivity contribution in [2.75, 3.05) is 26.8 Å². The van der Waals surface area contributed by atoms with Crippen molar-refractivity contribution < 1.29 is 9.94 Å². The predicted octanol–water partition coefficient (Wildman–Crippen LogP) is 1.25. The maximum Gasteiger partial charge on any atom is 0.170 e. The molecular formula is C14H21N3O2. The van der Waals surface area contributed by atoms with E-state index in [1.807, 2.05) is 18.2 Å². The van der Waals surface area contributed by atoms with Gasteiger partial charge >= 0.3 is 0 Å². The number of nitrogens with zero attached hydrogens (tertiary/aromatic N) is 2. The molecule has 0 amide bonds. The Morgan fingerprint density at radius 1 is 1.58 bits per heavy atom. The van der Waals surface area contributed by atoms with Crippen molar-refractivity contribution in [3.05, 3.63) is 35.4 Å². The molecule has 1 unspecified atom stereocenters. The Hall–Kier alpha value is -1.59. The molecule has 0 radical (unpaired) electrons. The number of hydrogen-bond acceptors (Lipinski definition) is 4. The summed E-state index contributed by atoms with van der Waals surface area (Å²) in [6.07, 6.45) is 1.15. The number of amidine groups is 1. The second-order valence-electron chi connectivity index (χ2n) is 5.11. The smallest absolute Gasteiger partial charge is 0.170 e. The van der Waals surface area contributed by atoms with Crippen LogP contribution in [0.4, 0.5) is 0 Å². The van der Waals surface area contributed by atoms with Crippen LogP contribution in [0.2, 0.25) is 0 Å². The topological polar surface area (TPSA) is 71.1 Å². The Morgan fingerprint density at radius 3 is 3.11 bits per heavy atom. The third-order valence-corrected chi connectivity index (χ3v) is 3.38. The van der Waals surface area contributed by atoms with Crippen LogP contribution in [0.3, 0.4) is 0 Å². The molecule has 1 saturated heterocycles. The summed E-state index contributed by atoms with van der Waals surface area (Å²) in [5.74, 6) is 0.783. The average Bonchev–Trinajstić information content (AvgIpc) is 2.90. The van der Waals surface area contributed by atoms with Gasteiger partial charge in [-0.2, -0.15) is 0 Å². The van der Waals surface area contributed by atoms with Gasteiger partial charge in [-0.25, -0.2) is 0 Å². The van der Waals surface area contributed by atoms with Crippen LogP contribution in [0.25, 0.3) is 0 Å². The maximum absolute atomic E-state index is 8.69. The van der Waals surface area contributed by atoms with E-state index in [1.165, 1.54) is 0 Å². The minimum absolute atomic E-state index is 0.147. The monoisotopic (exact) mass is 263 g/mol. The highest BCUT2D eigenvalue weighted by molar-refractivity contribution is 5.97. The zero-order valence-electron chi connectivity index (χ0n) is 11.2. The Bertz CT molecular complexity index is 442. The van der Waals surface area contributed by atoms with Gasteiger partial charge in [0.15, 0.2) is 5.84 Å². The quantitative estimate of drug-likeness (QED) is 0.363. The summed E-state index contributed by atoms with van der Waals surface area (Å²) in [5, 5.41) is 11.7. The molecule has 1 aromatic carbocycles. The molecule has 0 aromatic heterocycles. The number of rotatable bonds is 5. The van der Waals surface area contributed by atoms with E-state index in [0.29, 0.717) is 5.92 Å². The van der Waals surface area contributed by atoms with Gasteiger partial charge in [0.05, 0.1) is 6.61 Å². The molecule has 0 bridgehead atoms. The molecule has 1 aliphatic rings. The van der Waals surface area contributed by atoms with Crippen LogP contribution in [-0.4, -0.2) is 42.7 Å². The first-order valence-corrected chi connectivity index (χ1v) is 6.52. The van der Waals surface area contributed by atoms with Gasteiger partial charge in [-0.15, -0.1) is 0 Å². The van der Waals surface area contributed by atoms with Crippen molar-refractivity contribution in [1.82, 2.24) is 4.90 Å². The van der Waals surface area contributed by atoms with Crippen molar-refractivity contribution >= 4 is 5.84 Å². The van der Waals surface area contributed by atoms with Gasteiger partial charge in [-0.1, -0.05) is 23.4 Å². The predicted molar refractivity (Wildman–Crippen MR) is 74.2 cm³/mol. The van der Waals surface area contributed by atoms with Crippen LogP contribution in [0.5, 0.6) is 0 Å². The van der Waals surface area contributed by atoms with Gasteiger partial charge in [0.25, 0.3) is 0 Å². The van der Waals surface area contributed by atoms with E-state index in [2.05, 4.69) is 23.2 Å². The number of oxime groups is 1. The van der Waals surface area contributed by atoms with Gasteiger partial charge in [0.1, 0.15) is 0 Å². The SMILES string of the molecule is CN(Cc1cccc(C(N)=NO)c1)CC1CCOC1. The first-order chi connectivity index (χ1) is 9.19. The lowest BCUT2D eigenvalue weighted by Gasteiger charge is -2.20. The first-order valence-electron chi connectivity index (χ1n) is 6.52. The Balaban J connectivity index is 1.94. The fraction of sp³-hybridized carbons (Fsp3) is 0.500. The molecule has 0 aliphatic carbocycles. The molecule has 3 N–H and O–H groups in total. The van der Waals surface area contributed by atoms with Crippen molar-refractivity contribution in [3.63, 3.8) is 0 Å². The van der Waals surface area contributed by atoms with Gasteiger partial charge < -0.3 is 20.6 Å². The van der Waals surface area contributed by atoms with Crippen molar-refractivity contribution in [3.8, 4) is 0 Å². The summed E-state index contributed by atoms with van der Waals surface area (Å²) in [4.78, 5) is 2.28. The van der Waals surface area contributed by atoms with Crippen molar-refractivity contribution in [1.29, 1.82) is 0 Å². The lowest BCUT2D eigenvalue weighted by molar-refractivity contribution is 0.173. The number of benzene rings is 1. The van der Waals surface area contributed by atoms with E-state index in [9.17, 15) is 0 Å². The highest BCUT2D eigenvalue weighted by atomic mass is 16.5. The van der Waals surface area contributed by atoms with Crippen LogP contribution >= 0.6 is 0 Å². The van der Waals surface area contributed by atoms with E-state index >= 15 is 0 Å². The molecule has 5 heteroatoms. The minimum Gasteiger partial charge on any atom is -0.409 e. The fourth-order valence-corrected chi connectivity index (χ4v) is 2.43. The van der Waals surface area contributed by atoms with Crippen LogP contribution in [0.1, 0.15) is 17.5 Å². The van der Waals surface area contributed by atoms with Crippen LogP contribution in [0, 0.1) is 5.92 Å². The Kier molecular flexibility index (Phi) is 4.76. The number of nitrogens with two attached hydrogens (primary N) is 1. The van der Waals surface area contributed by atoms with Crippen LogP contribution < -0.4 is 5.73 Å². The second-order valence-corrected chi connectivity index (χ2v) is 5.11. The molecule has 2 rings (SSSR count). The van der Waals surface area contributed by atoms with Gasteiger partial charge in [-0.3, -0.25) is 0 Å². The molecule has 1 aromatic rings. The molecule has 5 nitrogen and oxygen atoms in total. The molecule has 1 atom stereocenters. The minimum atomic E-state index is 0.147. The third-order valence-electron chi connectivity index (χ3n) is 3.38. The summed E-state index contributed by atoms with van der Waals surface area (Å²) < 4.78 is 5.39. The number of hydrogen-bond donors (Lipinski definition) is 2. The molecule has 1 fully saturated rings. The molecule has 1 heterocycles. The van der Waals surface area contributed by atoms with Gasteiger partial charge in [0, 0.05) is 25.3 Å². The van der Waals surface area contributed by atoms with Crippen LogP contribution in [0.15, 0.2) is 29.4 Å². The largest absolute Gasteiger partial charge is 0.409 e. The molecule has 19 heavy (non-hydrogen) atoms. The second kappa shape index (κ2) is 6.54. The highest BCUT2D eigenvalue weighted by Crippen LogP contribution is 2.15. The maximum atomic E-state index is 8.69. The van der Waals surface area contributed by atoms with E-state index in [1.54, 1.807) is 0 Å². The standard InChI is InChI=1S/C14H21N3O2/c1-17(9-12-5-6-19-10-12)8-11-3-2-4-13(7-11)14(15)16-18/h2-4,7,12,18H,5-6,8-10H2,1H3,(H2,15,16). The summed E-state index contributed by atoms with van der Waals surface area (Å²) in [5.41, 5.74) is 7.50. The fourth-order valence-electron chi connectivity index (χ4n) is 2.43. The zero-order chi connectivity index (χ0) is 13.7. The highest BCUT2D eigenvalue weighted by Gasteiger charge is 2.17.